The molecule has 0 spiro atoms. The SMILES string of the molecule is CC(=O)O.O=C(N[C@H]1C[C@H]2CNC[C@H]2C[C@@H]1OCC1CC1)c1cccc(Cn2cccn2)c1. The quantitative estimate of drug-likeness (QED) is 0.594. The Morgan fingerprint density at radius 1 is 1.21 bits per heavy atom. The van der Waals surface area contributed by atoms with Gasteiger partial charge in [0.05, 0.1) is 18.7 Å². The Hall–Kier alpha value is -2.71. The summed E-state index contributed by atoms with van der Waals surface area (Å²) in [5, 5.41) is 18.5. The summed E-state index contributed by atoms with van der Waals surface area (Å²) in [5.74, 6) is 1.24. The summed E-state index contributed by atoms with van der Waals surface area (Å²) in [6.07, 6.45) is 8.48. The number of amides is 1. The van der Waals surface area contributed by atoms with E-state index in [4.69, 9.17) is 14.6 Å². The maximum Gasteiger partial charge on any atom is 0.300 e. The van der Waals surface area contributed by atoms with Crippen molar-refractivity contribution in [2.45, 2.75) is 51.3 Å². The van der Waals surface area contributed by atoms with Gasteiger partial charge in [-0.05, 0) is 80.3 Å². The topological polar surface area (TPSA) is 105 Å². The van der Waals surface area contributed by atoms with Crippen molar-refractivity contribution in [2.24, 2.45) is 17.8 Å². The van der Waals surface area contributed by atoms with E-state index in [2.05, 4.69) is 15.7 Å². The van der Waals surface area contributed by atoms with E-state index in [-0.39, 0.29) is 18.1 Å². The fourth-order valence-corrected chi connectivity index (χ4v) is 4.80. The molecule has 1 aromatic carbocycles. The zero-order valence-electron chi connectivity index (χ0n) is 19.2. The van der Waals surface area contributed by atoms with E-state index in [1.165, 1.54) is 12.8 Å². The lowest BCUT2D eigenvalue weighted by Gasteiger charge is -2.38. The molecule has 2 aromatic rings. The summed E-state index contributed by atoms with van der Waals surface area (Å²) in [6, 6.07) is 9.86. The number of aliphatic carboxylic acids is 1. The molecule has 0 unspecified atom stereocenters. The van der Waals surface area contributed by atoms with Crippen LogP contribution in [0.25, 0.3) is 0 Å². The molecule has 8 nitrogen and oxygen atoms in total. The third-order valence-electron chi connectivity index (χ3n) is 6.67. The fraction of sp³-hybridized carbons (Fsp3) is 0.560. The van der Waals surface area contributed by atoms with Crippen LogP contribution in [-0.2, 0) is 16.1 Å². The summed E-state index contributed by atoms with van der Waals surface area (Å²) < 4.78 is 8.17. The number of hydrogen-bond acceptors (Lipinski definition) is 5. The maximum absolute atomic E-state index is 13.1. The van der Waals surface area contributed by atoms with Crippen molar-refractivity contribution in [1.29, 1.82) is 0 Å². The maximum atomic E-state index is 13.1. The molecular weight excluding hydrogens is 420 g/mol. The van der Waals surface area contributed by atoms with Crippen LogP contribution in [0, 0.1) is 17.8 Å². The molecule has 3 N–H and O–H groups in total. The number of carbonyl (C=O) groups excluding carboxylic acids is 1. The van der Waals surface area contributed by atoms with Gasteiger partial charge in [-0.1, -0.05) is 12.1 Å². The van der Waals surface area contributed by atoms with E-state index in [1.54, 1.807) is 6.20 Å². The summed E-state index contributed by atoms with van der Waals surface area (Å²) in [5.41, 5.74) is 1.79. The van der Waals surface area contributed by atoms with Crippen LogP contribution in [0.4, 0.5) is 0 Å². The minimum absolute atomic E-state index is 0.00161. The zero-order chi connectivity index (χ0) is 23.2. The van der Waals surface area contributed by atoms with Crippen molar-refractivity contribution in [3.8, 4) is 0 Å². The van der Waals surface area contributed by atoms with Gasteiger partial charge in [0.2, 0.25) is 0 Å². The largest absolute Gasteiger partial charge is 0.481 e. The van der Waals surface area contributed by atoms with E-state index in [9.17, 15) is 4.79 Å². The molecule has 33 heavy (non-hydrogen) atoms. The molecule has 1 amide bonds. The van der Waals surface area contributed by atoms with Crippen LogP contribution < -0.4 is 10.6 Å². The molecule has 3 aliphatic rings. The minimum Gasteiger partial charge on any atom is -0.481 e. The third-order valence-corrected chi connectivity index (χ3v) is 6.67. The number of nitrogens with one attached hydrogen (secondary N) is 2. The Morgan fingerprint density at radius 3 is 2.67 bits per heavy atom. The molecule has 1 aliphatic heterocycles. The number of aromatic nitrogens is 2. The Morgan fingerprint density at radius 2 is 1.97 bits per heavy atom. The molecule has 0 radical (unpaired) electrons. The predicted molar refractivity (Wildman–Crippen MR) is 124 cm³/mol. The van der Waals surface area contributed by atoms with Crippen LogP contribution >= 0.6 is 0 Å². The lowest BCUT2D eigenvalue weighted by molar-refractivity contribution is -0.134. The number of carboxylic acids is 1. The molecule has 0 bridgehead atoms. The van der Waals surface area contributed by atoms with Crippen LogP contribution in [0.2, 0.25) is 0 Å². The minimum atomic E-state index is -0.833. The summed E-state index contributed by atoms with van der Waals surface area (Å²) >= 11 is 0. The van der Waals surface area contributed by atoms with E-state index in [0.717, 1.165) is 50.9 Å². The van der Waals surface area contributed by atoms with Crippen LogP contribution in [0.1, 0.15) is 48.5 Å². The third kappa shape index (κ3) is 6.88. The fourth-order valence-electron chi connectivity index (χ4n) is 4.80. The molecule has 2 heterocycles. The normalized spacial score (nSPS) is 26.1. The summed E-state index contributed by atoms with van der Waals surface area (Å²) in [7, 11) is 0. The second-order valence-electron chi connectivity index (χ2n) is 9.47. The molecule has 8 heteroatoms. The first kappa shape index (κ1) is 23.4. The molecule has 2 aliphatic carbocycles. The summed E-state index contributed by atoms with van der Waals surface area (Å²) in [6.45, 7) is 4.75. The lowest BCUT2D eigenvalue weighted by atomic mass is 9.77. The number of fused-ring (bicyclic) bond motifs is 1. The van der Waals surface area contributed by atoms with E-state index < -0.39 is 5.97 Å². The number of carbonyl (C=O) groups is 2. The standard InChI is InChI=1S/C23H30N4O2.C2H4O2/c28-23(18-4-1-3-17(9-18)14-27-8-2-7-25-27)26-21-10-19-12-24-13-20(19)11-22(21)29-15-16-5-6-16;1-2(3)4/h1-4,7-9,16,19-22,24H,5-6,10-15H2,(H,26,28);1H3,(H,3,4)/t19-,20+,21-,22-;/m0./s1. The van der Waals surface area contributed by atoms with Crippen molar-refractivity contribution >= 4 is 11.9 Å². The highest BCUT2D eigenvalue weighted by Gasteiger charge is 2.41. The number of ether oxygens (including phenoxy) is 1. The Kier molecular flexibility index (Phi) is 7.77. The van der Waals surface area contributed by atoms with Gasteiger partial charge in [-0.15, -0.1) is 0 Å². The van der Waals surface area contributed by atoms with Gasteiger partial charge in [-0.25, -0.2) is 0 Å². The first-order valence-electron chi connectivity index (χ1n) is 11.9. The second kappa shape index (κ2) is 10.9. The van der Waals surface area contributed by atoms with Crippen LogP contribution in [0.3, 0.4) is 0 Å². The van der Waals surface area contributed by atoms with Crippen LogP contribution in [-0.4, -0.2) is 58.6 Å². The van der Waals surface area contributed by atoms with Crippen molar-refractivity contribution in [3.63, 3.8) is 0 Å². The highest BCUT2D eigenvalue weighted by Crippen LogP contribution is 2.36. The molecule has 2 saturated carbocycles. The van der Waals surface area contributed by atoms with Crippen molar-refractivity contribution in [1.82, 2.24) is 20.4 Å². The number of nitrogens with zero attached hydrogens (tertiary/aromatic N) is 2. The Labute approximate surface area is 194 Å². The van der Waals surface area contributed by atoms with Crippen molar-refractivity contribution in [3.05, 3.63) is 53.9 Å². The van der Waals surface area contributed by atoms with E-state index >= 15 is 0 Å². The van der Waals surface area contributed by atoms with Crippen molar-refractivity contribution in [2.75, 3.05) is 19.7 Å². The Bertz CT molecular complexity index is 924. The molecule has 1 saturated heterocycles. The van der Waals surface area contributed by atoms with Gasteiger partial charge in [-0.3, -0.25) is 14.3 Å². The average molecular weight is 455 g/mol. The van der Waals surface area contributed by atoms with Crippen LogP contribution in [0.5, 0.6) is 0 Å². The second-order valence-corrected chi connectivity index (χ2v) is 9.47. The zero-order valence-corrected chi connectivity index (χ0v) is 19.2. The molecule has 3 fully saturated rings. The number of rotatable bonds is 7. The first-order valence-corrected chi connectivity index (χ1v) is 11.9. The lowest BCUT2D eigenvalue weighted by Crippen LogP contribution is -2.50. The number of benzene rings is 1. The number of carboxylic acid groups (broad SMARTS) is 1. The highest BCUT2D eigenvalue weighted by molar-refractivity contribution is 5.94. The van der Waals surface area contributed by atoms with Gasteiger partial charge < -0.3 is 20.5 Å². The van der Waals surface area contributed by atoms with E-state index in [0.29, 0.717) is 23.9 Å². The first-order chi connectivity index (χ1) is 16.0. The molecule has 178 valence electrons. The molecule has 4 atom stereocenters. The van der Waals surface area contributed by atoms with Crippen molar-refractivity contribution < 1.29 is 19.4 Å². The van der Waals surface area contributed by atoms with Gasteiger partial charge in [0, 0.05) is 31.5 Å². The van der Waals surface area contributed by atoms with Gasteiger partial charge in [0.15, 0.2) is 0 Å². The van der Waals surface area contributed by atoms with Crippen LogP contribution in [0.15, 0.2) is 42.7 Å². The molecule has 5 rings (SSSR count). The monoisotopic (exact) mass is 454 g/mol. The molecule has 1 aromatic heterocycles. The number of hydrogen-bond donors (Lipinski definition) is 3. The Balaban J connectivity index is 0.000000601. The van der Waals surface area contributed by atoms with Gasteiger partial charge in [0.25, 0.3) is 11.9 Å². The highest BCUT2D eigenvalue weighted by atomic mass is 16.5. The van der Waals surface area contributed by atoms with Gasteiger partial charge in [-0.2, -0.15) is 5.10 Å². The van der Waals surface area contributed by atoms with E-state index in [1.807, 2.05) is 41.2 Å². The van der Waals surface area contributed by atoms with Gasteiger partial charge >= 0.3 is 0 Å². The predicted octanol–water partition coefficient (Wildman–Crippen LogP) is 2.55. The van der Waals surface area contributed by atoms with Gasteiger partial charge in [0.1, 0.15) is 0 Å². The average Bonchev–Trinajstić information content (AvgIpc) is 3.25. The smallest absolute Gasteiger partial charge is 0.300 e. The summed E-state index contributed by atoms with van der Waals surface area (Å²) in [4.78, 5) is 22.1. The molecular formula is C25H34N4O4.